The number of hydrogen-bond acceptors (Lipinski definition) is 5. The monoisotopic (exact) mass is 325 g/mol. The number of hydrogen-bond donors (Lipinski definition) is 2. The van der Waals surface area contributed by atoms with Crippen LogP contribution in [0.2, 0.25) is 0 Å². The summed E-state index contributed by atoms with van der Waals surface area (Å²) >= 11 is 0. The molecule has 3 N–H and O–H groups in total. The van der Waals surface area contributed by atoms with Crippen LogP contribution in [0.25, 0.3) is 0 Å². The maximum Gasteiger partial charge on any atom is 0.159 e. The quantitative estimate of drug-likeness (QED) is 0.883. The molecule has 5 nitrogen and oxygen atoms in total. The first kappa shape index (κ1) is 16.6. The Morgan fingerprint density at radius 3 is 2.42 bits per heavy atom. The molecular weight excluding hydrogens is 298 g/mol. The van der Waals surface area contributed by atoms with Gasteiger partial charge in [-0.1, -0.05) is 32.9 Å². The van der Waals surface area contributed by atoms with Gasteiger partial charge in [0, 0.05) is 18.8 Å². The number of piperidine rings is 1. The predicted octanol–water partition coefficient (Wildman–Crippen LogP) is 4.16. The first-order valence-corrected chi connectivity index (χ1v) is 8.77. The summed E-state index contributed by atoms with van der Waals surface area (Å²) in [5.41, 5.74) is 9.28. The van der Waals surface area contributed by atoms with Crippen molar-refractivity contribution in [1.82, 2.24) is 9.97 Å². The Kier molecular flexibility index (Phi) is 4.88. The van der Waals surface area contributed by atoms with E-state index in [-0.39, 0.29) is 0 Å². The summed E-state index contributed by atoms with van der Waals surface area (Å²) in [6, 6.07) is 8.41. The number of nitrogens with one attached hydrogen (secondary N) is 1. The lowest BCUT2D eigenvalue weighted by Crippen LogP contribution is -2.34. The molecule has 0 amide bonds. The lowest BCUT2D eigenvalue weighted by atomic mass is 9.99. The van der Waals surface area contributed by atoms with Gasteiger partial charge in [0.2, 0.25) is 0 Å². The number of anilines is 4. The first-order valence-electron chi connectivity index (χ1n) is 8.77. The van der Waals surface area contributed by atoms with E-state index in [1.165, 1.54) is 18.4 Å². The zero-order chi connectivity index (χ0) is 17.1. The summed E-state index contributed by atoms with van der Waals surface area (Å²) in [5.74, 6) is 2.83. The lowest BCUT2D eigenvalue weighted by molar-refractivity contribution is 0.437. The van der Waals surface area contributed by atoms with E-state index in [2.05, 4.69) is 65.2 Å². The zero-order valence-corrected chi connectivity index (χ0v) is 14.8. The van der Waals surface area contributed by atoms with E-state index in [1.807, 2.05) is 0 Å². The molecule has 0 spiro atoms. The fourth-order valence-electron chi connectivity index (χ4n) is 3.05. The molecule has 0 aliphatic carbocycles. The van der Waals surface area contributed by atoms with Crippen LogP contribution in [-0.4, -0.2) is 23.1 Å². The second-order valence-electron chi connectivity index (χ2n) is 7.03. The Hall–Kier alpha value is -2.30. The van der Waals surface area contributed by atoms with Crippen LogP contribution in [0, 0.1) is 5.92 Å². The number of nitrogens with zero attached hydrogens (tertiary/aromatic N) is 3. The Bertz CT molecular complexity index is 673. The summed E-state index contributed by atoms with van der Waals surface area (Å²) in [6.45, 7) is 8.69. The number of benzene rings is 1. The summed E-state index contributed by atoms with van der Waals surface area (Å²) in [7, 11) is 0. The summed E-state index contributed by atoms with van der Waals surface area (Å²) in [6.07, 6.45) is 3.96. The molecule has 0 radical (unpaired) electrons. The van der Waals surface area contributed by atoms with Crippen molar-refractivity contribution in [2.75, 3.05) is 29.0 Å². The van der Waals surface area contributed by atoms with Gasteiger partial charge in [-0.2, -0.15) is 0 Å². The fraction of sp³-hybridized carbons (Fsp3) is 0.474. The summed E-state index contributed by atoms with van der Waals surface area (Å²) < 4.78 is 0. The number of nitrogens with two attached hydrogens (primary N) is 1. The average Bonchev–Trinajstić information content (AvgIpc) is 2.58. The third-order valence-electron chi connectivity index (χ3n) is 4.79. The van der Waals surface area contributed by atoms with Crippen LogP contribution in [0.5, 0.6) is 0 Å². The minimum absolute atomic E-state index is 0.524. The molecule has 1 aromatic carbocycles. The van der Waals surface area contributed by atoms with Gasteiger partial charge in [0.1, 0.15) is 12.0 Å². The van der Waals surface area contributed by atoms with Crippen LogP contribution in [0.15, 0.2) is 30.6 Å². The second-order valence-corrected chi connectivity index (χ2v) is 7.03. The van der Waals surface area contributed by atoms with Crippen LogP contribution in [0.1, 0.15) is 45.1 Å². The SMILES string of the molecule is CC1CCN(c2ncnc(Nc3ccc(C(C)C)cc3)c2N)CC1. The van der Waals surface area contributed by atoms with Gasteiger partial charge in [-0.3, -0.25) is 0 Å². The molecule has 1 aliphatic heterocycles. The number of rotatable bonds is 4. The molecule has 3 rings (SSSR count). The Morgan fingerprint density at radius 1 is 1.12 bits per heavy atom. The van der Waals surface area contributed by atoms with Gasteiger partial charge in [0.25, 0.3) is 0 Å². The van der Waals surface area contributed by atoms with Crippen molar-refractivity contribution in [3.05, 3.63) is 36.2 Å². The smallest absolute Gasteiger partial charge is 0.159 e. The lowest BCUT2D eigenvalue weighted by Gasteiger charge is -2.32. The predicted molar refractivity (Wildman–Crippen MR) is 101 cm³/mol. The zero-order valence-electron chi connectivity index (χ0n) is 14.8. The molecule has 0 saturated carbocycles. The Morgan fingerprint density at radius 2 is 1.79 bits per heavy atom. The van der Waals surface area contributed by atoms with Crippen LogP contribution in [0.3, 0.4) is 0 Å². The maximum absolute atomic E-state index is 6.35. The topological polar surface area (TPSA) is 67.1 Å². The van der Waals surface area contributed by atoms with E-state index >= 15 is 0 Å². The summed E-state index contributed by atoms with van der Waals surface area (Å²) in [5, 5.41) is 3.32. The van der Waals surface area contributed by atoms with Gasteiger partial charge in [-0.15, -0.1) is 0 Å². The molecule has 1 fully saturated rings. The van der Waals surface area contributed by atoms with Crippen LogP contribution >= 0.6 is 0 Å². The molecule has 2 aromatic rings. The van der Waals surface area contributed by atoms with Crippen molar-refractivity contribution in [3.8, 4) is 0 Å². The van der Waals surface area contributed by atoms with Gasteiger partial charge < -0.3 is 16.0 Å². The van der Waals surface area contributed by atoms with Crippen LogP contribution < -0.4 is 16.0 Å². The van der Waals surface area contributed by atoms with E-state index < -0.39 is 0 Å². The maximum atomic E-state index is 6.35. The minimum Gasteiger partial charge on any atom is -0.393 e. The molecule has 1 saturated heterocycles. The highest BCUT2D eigenvalue weighted by atomic mass is 15.2. The van der Waals surface area contributed by atoms with Crippen molar-refractivity contribution in [2.24, 2.45) is 5.92 Å². The van der Waals surface area contributed by atoms with Gasteiger partial charge in [0.15, 0.2) is 11.6 Å². The average molecular weight is 325 g/mol. The molecule has 2 heterocycles. The normalized spacial score (nSPS) is 15.8. The third kappa shape index (κ3) is 3.61. The highest BCUT2D eigenvalue weighted by molar-refractivity contribution is 5.78. The van der Waals surface area contributed by atoms with E-state index in [0.717, 1.165) is 30.5 Å². The molecule has 5 heteroatoms. The molecule has 0 atom stereocenters. The van der Waals surface area contributed by atoms with Crippen molar-refractivity contribution >= 4 is 23.0 Å². The van der Waals surface area contributed by atoms with Crippen molar-refractivity contribution in [2.45, 2.75) is 39.5 Å². The summed E-state index contributed by atoms with van der Waals surface area (Å²) in [4.78, 5) is 11.0. The van der Waals surface area contributed by atoms with Gasteiger partial charge in [-0.25, -0.2) is 9.97 Å². The molecule has 0 unspecified atom stereocenters. The molecule has 1 aliphatic rings. The third-order valence-corrected chi connectivity index (χ3v) is 4.79. The van der Waals surface area contributed by atoms with E-state index in [0.29, 0.717) is 17.4 Å². The fourth-order valence-corrected chi connectivity index (χ4v) is 3.05. The second kappa shape index (κ2) is 7.07. The molecule has 0 bridgehead atoms. The Labute approximate surface area is 144 Å². The number of nitrogen functional groups attached to an aromatic ring is 1. The standard InChI is InChI=1S/C19H27N5/c1-13(2)15-4-6-16(7-5-15)23-18-17(20)19(22-12-21-18)24-10-8-14(3)9-11-24/h4-7,12-14H,8-11,20H2,1-3H3,(H,21,22,23). The highest BCUT2D eigenvalue weighted by Crippen LogP contribution is 2.31. The number of aromatic nitrogens is 2. The van der Waals surface area contributed by atoms with E-state index in [4.69, 9.17) is 5.73 Å². The van der Waals surface area contributed by atoms with Gasteiger partial charge >= 0.3 is 0 Å². The van der Waals surface area contributed by atoms with Crippen molar-refractivity contribution in [1.29, 1.82) is 0 Å². The molecule has 1 aromatic heterocycles. The highest BCUT2D eigenvalue weighted by Gasteiger charge is 2.20. The van der Waals surface area contributed by atoms with Gasteiger partial charge in [-0.05, 0) is 42.4 Å². The van der Waals surface area contributed by atoms with Gasteiger partial charge in [0.05, 0.1) is 0 Å². The van der Waals surface area contributed by atoms with Crippen LogP contribution in [-0.2, 0) is 0 Å². The first-order chi connectivity index (χ1) is 11.5. The molecule has 24 heavy (non-hydrogen) atoms. The van der Waals surface area contributed by atoms with Crippen molar-refractivity contribution in [3.63, 3.8) is 0 Å². The Balaban J connectivity index is 1.78. The minimum atomic E-state index is 0.524. The van der Waals surface area contributed by atoms with Crippen molar-refractivity contribution < 1.29 is 0 Å². The molecule has 128 valence electrons. The molecular formula is C19H27N5. The van der Waals surface area contributed by atoms with Crippen LogP contribution in [0.4, 0.5) is 23.0 Å². The largest absolute Gasteiger partial charge is 0.393 e. The van der Waals surface area contributed by atoms with E-state index in [9.17, 15) is 0 Å². The van der Waals surface area contributed by atoms with E-state index in [1.54, 1.807) is 6.33 Å².